The van der Waals surface area contributed by atoms with Gasteiger partial charge in [0.15, 0.2) is 0 Å². The molecule has 80 valence electrons. The van der Waals surface area contributed by atoms with Gasteiger partial charge in [-0.25, -0.2) is 0 Å². The van der Waals surface area contributed by atoms with Crippen LogP contribution < -0.4 is 5.73 Å². The van der Waals surface area contributed by atoms with Gasteiger partial charge in [-0.05, 0) is 20.3 Å². The molecule has 0 saturated carbocycles. The number of methoxy groups -OCH3 is 1. The van der Waals surface area contributed by atoms with E-state index in [9.17, 15) is 5.11 Å². The van der Waals surface area contributed by atoms with Gasteiger partial charge in [-0.1, -0.05) is 0 Å². The molecule has 0 rings (SSSR count). The third kappa shape index (κ3) is 9.76. The predicted molar refractivity (Wildman–Crippen MR) is 51.6 cm³/mol. The zero-order chi connectivity index (χ0) is 10.3. The molecule has 0 heterocycles. The molecule has 0 saturated heterocycles. The normalized spacial score (nSPS) is 14.5. The van der Waals surface area contributed by atoms with Crippen LogP contribution in [0.2, 0.25) is 0 Å². The van der Waals surface area contributed by atoms with Crippen LogP contribution in [0.3, 0.4) is 0 Å². The Kier molecular flexibility index (Phi) is 6.24. The number of rotatable bonds is 7. The lowest BCUT2D eigenvalue weighted by Crippen LogP contribution is -2.37. The molecule has 0 amide bonds. The van der Waals surface area contributed by atoms with Crippen molar-refractivity contribution < 1.29 is 14.6 Å². The van der Waals surface area contributed by atoms with Crippen LogP contribution in [-0.2, 0) is 9.47 Å². The Morgan fingerprint density at radius 3 is 2.46 bits per heavy atom. The Morgan fingerprint density at radius 1 is 1.38 bits per heavy atom. The van der Waals surface area contributed by atoms with E-state index in [2.05, 4.69) is 0 Å². The van der Waals surface area contributed by atoms with Gasteiger partial charge in [0.2, 0.25) is 0 Å². The van der Waals surface area contributed by atoms with Gasteiger partial charge < -0.3 is 20.3 Å². The van der Waals surface area contributed by atoms with E-state index in [1.54, 1.807) is 7.11 Å². The van der Waals surface area contributed by atoms with Crippen molar-refractivity contribution in [2.45, 2.75) is 31.9 Å². The van der Waals surface area contributed by atoms with Crippen molar-refractivity contribution in [1.29, 1.82) is 0 Å². The van der Waals surface area contributed by atoms with Crippen LogP contribution in [0.5, 0.6) is 0 Å². The summed E-state index contributed by atoms with van der Waals surface area (Å²) < 4.78 is 9.94. The largest absolute Gasteiger partial charge is 0.391 e. The minimum atomic E-state index is -0.489. The lowest BCUT2D eigenvalue weighted by molar-refractivity contribution is 0.00409. The first-order chi connectivity index (χ1) is 5.95. The Bertz CT molecular complexity index is 123. The van der Waals surface area contributed by atoms with Crippen molar-refractivity contribution >= 4 is 0 Å². The molecule has 0 spiro atoms. The second-order valence-corrected chi connectivity index (χ2v) is 3.91. The Balaban J connectivity index is 3.35. The van der Waals surface area contributed by atoms with E-state index >= 15 is 0 Å². The molecule has 13 heavy (non-hydrogen) atoms. The van der Waals surface area contributed by atoms with Gasteiger partial charge in [-0.2, -0.15) is 0 Å². The minimum Gasteiger partial charge on any atom is -0.391 e. The third-order valence-corrected chi connectivity index (χ3v) is 1.50. The number of hydrogen-bond donors (Lipinski definition) is 2. The molecule has 0 radical (unpaired) electrons. The standard InChI is InChI=1S/C9H21NO3/c1-9(2,10)6-8(11)7-13-5-4-12-3/h8,11H,4-7,10H2,1-3H3. The molecule has 0 aromatic carbocycles. The van der Waals surface area contributed by atoms with Crippen LogP contribution in [-0.4, -0.2) is 43.7 Å². The molecule has 0 fully saturated rings. The molecule has 1 atom stereocenters. The molecule has 0 aliphatic carbocycles. The first-order valence-corrected chi connectivity index (χ1v) is 4.49. The number of aliphatic hydroxyl groups excluding tert-OH is 1. The molecule has 3 N–H and O–H groups in total. The summed E-state index contributed by atoms with van der Waals surface area (Å²) in [5.74, 6) is 0. The molecule has 0 aromatic heterocycles. The SMILES string of the molecule is COCCOCC(O)CC(C)(C)N. The van der Waals surface area contributed by atoms with Crippen LogP contribution >= 0.6 is 0 Å². The lowest BCUT2D eigenvalue weighted by atomic mass is 9.99. The van der Waals surface area contributed by atoms with Crippen molar-refractivity contribution in [1.82, 2.24) is 0 Å². The van der Waals surface area contributed by atoms with Gasteiger partial charge in [0.1, 0.15) is 0 Å². The third-order valence-electron chi connectivity index (χ3n) is 1.50. The van der Waals surface area contributed by atoms with Gasteiger partial charge >= 0.3 is 0 Å². The van der Waals surface area contributed by atoms with Crippen LogP contribution in [0.1, 0.15) is 20.3 Å². The smallest absolute Gasteiger partial charge is 0.0790 e. The molecule has 4 nitrogen and oxygen atoms in total. The molecular formula is C9H21NO3. The van der Waals surface area contributed by atoms with E-state index in [1.165, 1.54) is 0 Å². The summed E-state index contributed by atoms with van der Waals surface area (Å²) in [6.45, 7) is 5.15. The van der Waals surface area contributed by atoms with Gasteiger partial charge in [0, 0.05) is 12.6 Å². The highest BCUT2D eigenvalue weighted by molar-refractivity contribution is 4.75. The fourth-order valence-electron chi connectivity index (χ4n) is 1.03. The van der Waals surface area contributed by atoms with Crippen molar-refractivity contribution in [3.63, 3.8) is 0 Å². The summed E-state index contributed by atoms with van der Waals surface area (Å²) in [5.41, 5.74) is 5.38. The van der Waals surface area contributed by atoms with E-state index < -0.39 is 6.10 Å². The number of hydrogen-bond acceptors (Lipinski definition) is 4. The zero-order valence-corrected chi connectivity index (χ0v) is 8.75. The number of ether oxygens (including phenoxy) is 2. The van der Waals surface area contributed by atoms with Gasteiger partial charge in [-0.3, -0.25) is 0 Å². The highest BCUT2D eigenvalue weighted by Crippen LogP contribution is 2.07. The average Bonchev–Trinajstić information content (AvgIpc) is 1.94. The van der Waals surface area contributed by atoms with Gasteiger partial charge in [0.05, 0.1) is 25.9 Å². The molecule has 0 bridgehead atoms. The zero-order valence-electron chi connectivity index (χ0n) is 8.75. The molecule has 0 aliphatic heterocycles. The summed E-state index contributed by atoms with van der Waals surface area (Å²) in [4.78, 5) is 0. The van der Waals surface area contributed by atoms with Crippen LogP contribution in [0.15, 0.2) is 0 Å². The molecule has 0 aromatic rings. The van der Waals surface area contributed by atoms with Crippen molar-refractivity contribution in [3.8, 4) is 0 Å². The first kappa shape index (κ1) is 12.8. The average molecular weight is 191 g/mol. The maximum Gasteiger partial charge on any atom is 0.0790 e. The van der Waals surface area contributed by atoms with Gasteiger partial charge in [-0.15, -0.1) is 0 Å². The lowest BCUT2D eigenvalue weighted by Gasteiger charge is -2.22. The number of aliphatic hydroxyl groups is 1. The van der Waals surface area contributed by atoms with Crippen molar-refractivity contribution in [2.75, 3.05) is 26.9 Å². The second kappa shape index (κ2) is 6.32. The maximum absolute atomic E-state index is 9.44. The predicted octanol–water partition coefficient (Wildman–Crippen LogP) is 0.138. The summed E-state index contributed by atoms with van der Waals surface area (Å²) >= 11 is 0. The van der Waals surface area contributed by atoms with E-state index in [-0.39, 0.29) is 5.54 Å². The molecule has 0 aliphatic rings. The Morgan fingerprint density at radius 2 is 2.00 bits per heavy atom. The summed E-state index contributed by atoms with van der Waals surface area (Å²) in [6, 6.07) is 0. The topological polar surface area (TPSA) is 64.7 Å². The monoisotopic (exact) mass is 191 g/mol. The quantitative estimate of drug-likeness (QED) is 0.562. The summed E-state index contributed by atoms with van der Waals surface area (Å²) in [5, 5.41) is 9.44. The molecule has 4 heteroatoms. The van der Waals surface area contributed by atoms with E-state index in [0.29, 0.717) is 26.2 Å². The maximum atomic E-state index is 9.44. The van der Waals surface area contributed by atoms with E-state index in [1.807, 2.05) is 13.8 Å². The van der Waals surface area contributed by atoms with Crippen molar-refractivity contribution in [3.05, 3.63) is 0 Å². The molecular weight excluding hydrogens is 170 g/mol. The molecule has 1 unspecified atom stereocenters. The summed E-state index contributed by atoms with van der Waals surface area (Å²) in [7, 11) is 1.61. The van der Waals surface area contributed by atoms with Crippen LogP contribution in [0.25, 0.3) is 0 Å². The second-order valence-electron chi connectivity index (χ2n) is 3.91. The Hall–Kier alpha value is -0.160. The van der Waals surface area contributed by atoms with Crippen LogP contribution in [0, 0.1) is 0 Å². The highest BCUT2D eigenvalue weighted by Gasteiger charge is 2.16. The Labute approximate surface area is 80.0 Å². The number of nitrogens with two attached hydrogens (primary N) is 1. The summed E-state index contributed by atoms with van der Waals surface area (Å²) in [6.07, 6.45) is 0.0526. The first-order valence-electron chi connectivity index (χ1n) is 4.49. The fraction of sp³-hybridized carbons (Fsp3) is 1.00. The van der Waals surface area contributed by atoms with Crippen LogP contribution in [0.4, 0.5) is 0 Å². The van der Waals surface area contributed by atoms with Gasteiger partial charge in [0.25, 0.3) is 0 Å². The van der Waals surface area contributed by atoms with E-state index in [0.717, 1.165) is 0 Å². The van der Waals surface area contributed by atoms with Crippen molar-refractivity contribution in [2.24, 2.45) is 5.73 Å². The minimum absolute atomic E-state index is 0.323. The highest BCUT2D eigenvalue weighted by atomic mass is 16.5. The van der Waals surface area contributed by atoms with E-state index in [4.69, 9.17) is 15.2 Å². The fourth-order valence-corrected chi connectivity index (χ4v) is 1.03.